The molecule has 7 heteroatoms. The molecule has 130 valence electrons. The molecule has 3 rings (SSSR count). The smallest absolute Gasteiger partial charge is 0.233 e. The molecular formula is C18H20N4OS2. The van der Waals surface area contributed by atoms with Crippen molar-refractivity contribution in [3.63, 3.8) is 0 Å². The van der Waals surface area contributed by atoms with Crippen molar-refractivity contribution in [2.75, 3.05) is 0 Å². The predicted molar refractivity (Wildman–Crippen MR) is 103 cm³/mol. The Kier molecular flexibility index (Phi) is 5.65. The van der Waals surface area contributed by atoms with Crippen molar-refractivity contribution in [3.8, 4) is 0 Å². The van der Waals surface area contributed by atoms with E-state index in [2.05, 4.69) is 33.3 Å². The molecule has 25 heavy (non-hydrogen) atoms. The minimum Gasteiger partial charge on any atom is -0.351 e. The van der Waals surface area contributed by atoms with Gasteiger partial charge in [-0.3, -0.25) is 9.78 Å². The van der Waals surface area contributed by atoms with Crippen LogP contribution in [0.25, 0.3) is 10.2 Å². The normalized spacial score (nSPS) is 12.3. The van der Waals surface area contributed by atoms with Gasteiger partial charge in [0, 0.05) is 29.2 Å². The number of fused-ring (bicyclic) bond motifs is 1. The number of nitrogens with one attached hydrogen (secondary N) is 1. The summed E-state index contributed by atoms with van der Waals surface area (Å²) >= 11 is 3.18. The third-order valence-corrected chi connectivity index (χ3v) is 5.99. The largest absolute Gasteiger partial charge is 0.351 e. The third-order valence-electron chi connectivity index (χ3n) is 3.72. The molecule has 0 aliphatic carbocycles. The molecule has 0 aliphatic heterocycles. The fraction of sp³-hybridized carbons (Fsp3) is 0.333. The van der Waals surface area contributed by atoms with Crippen molar-refractivity contribution < 1.29 is 4.79 Å². The lowest BCUT2D eigenvalue weighted by Crippen LogP contribution is -2.30. The second kappa shape index (κ2) is 7.93. The van der Waals surface area contributed by atoms with E-state index in [-0.39, 0.29) is 11.2 Å². The van der Waals surface area contributed by atoms with Gasteiger partial charge in [0.1, 0.15) is 15.7 Å². The number of rotatable bonds is 6. The molecule has 5 nitrogen and oxygen atoms in total. The molecule has 1 unspecified atom stereocenters. The zero-order valence-electron chi connectivity index (χ0n) is 14.4. The quantitative estimate of drug-likeness (QED) is 0.527. The minimum atomic E-state index is -0.237. The molecule has 3 aromatic heterocycles. The number of aromatic nitrogens is 3. The Morgan fingerprint density at radius 1 is 1.40 bits per heavy atom. The summed E-state index contributed by atoms with van der Waals surface area (Å²) in [5.74, 6) is 0.728. The number of thioether (sulfide) groups is 1. The lowest BCUT2D eigenvalue weighted by molar-refractivity contribution is -0.120. The monoisotopic (exact) mass is 372 g/mol. The average molecular weight is 373 g/mol. The number of carbonyl (C=O) groups is 1. The standard InChI is InChI=1S/C18H20N4OS2/c1-4-14-8-15-17(21-12(3)22-18(15)25-14)24-11(2)16(23)20-10-13-6-5-7-19-9-13/h5-9,11H,4,10H2,1-3H3,(H,20,23). The Labute approximate surface area is 155 Å². The Balaban J connectivity index is 1.71. The van der Waals surface area contributed by atoms with Crippen LogP contribution in [0.15, 0.2) is 35.6 Å². The van der Waals surface area contributed by atoms with Crippen LogP contribution >= 0.6 is 23.1 Å². The fourth-order valence-electron chi connectivity index (χ4n) is 2.37. The second-order valence-electron chi connectivity index (χ2n) is 5.70. The summed E-state index contributed by atoms with van der Waals surface area (Å²) in [6.07, 6.45) is 4.45. The Morgan fingerprint density at radius 3 is 2.96 bits per heavy atom. The molecule has 1 N–H and O–H groups in total. The minimum absolute atomic E-state index is 0.00999. The van der Waals surface area contributed by atoms with Crippen molar-refractivity contribution in [2.24, 2.45) is 0 Å². The number of amides is 1. The Bertz CT molecular complexity index is 879. The van der Waals surface area contributed by atoms with Gasteiger partial charge in [-0.15, -0.1) is 11.3 Å². The second-order valence-corrected chi connectivity index (χ2v) is 8.14. The van der Waals surface area contributed by atoms with Gasteiger partial charge in [-0.2, -0.15) is 0 Å². The molecule has 0 saturated carbocycles. The van der Waals surface area contributed by atoms with E-state index in [1.165, 1.54) is 16.6 Å². The van der Waals surface area contributed by atoms with Crippen LogP contribution in [0, 0.1) is 6.92 Å². The average Bonchev–Trinajstić information content (AvgIpc) is 3.03. The number of aryl methyl sites for hydroxylation is 2. The van der Waals surface area contributed by atoms with E-state index in [1.807, 2.05) is 26.0 Å². The highest BCUT2D eigenvalue weighted by atomic mass is 32.2. The number of hydrogen-bond donors (Lipinski definition) is 1. The molecule has 3 aromatic rings. The first-order valence-electron chi connectivity index (χ1n) is 8.17. The molecule has 0 fully saturated rings. The number of thiophene rings is 1. The lowest BCUT2D eigenvalue weighted by Gasteiger charge is -2.12. The Hall–Kier alpha value is -1.99. The summed E-state index contributed by atoms with van der Waals surface area (Å²) < 4.78 is 0. The molecule has 0 saturated heterocycles. The summed E-state index contributed by atoms with van der Waals surface area (Å²) in [4.78, 5) is 27.8. The molecule has 0 aromatic carbocycles. The first kappa shape index (κ1) is 17.8. The van der Waals surface area contributed by atoms with E-state index < -0.39 is 0 Å². The van der Waals surface area contributed by atoms with Crippen LogP contribution in [0.5, 0.6) is 0 Å². The van der Waals surface area contributed by atoms with E-state index in [9.17, 15) is 4.79 Å². The maximum atomic E-state index is 12.4. The topological polar surface area (TPSA) is 67.8 Å². The van der Waals surface area contributed by atoms with Gasteiger partial charge in [0.05, 0.1) is 5.25 Å². The molecule has 0 radical (unpaired) electrons. The van der Waals surface area contributed by atoms with Gasteiger partial charge in [0.25, 0.3) is 0 Å². The van der Waals surface area contributed by atoms with E-state index in [1.54, 1.807) is 23.7 Å². The van der Waals surface area contributed by atoms with Gasteiger partial charge < -0.3 is 5.32 Å². The van der Waals surface area contributed by atoms with E-state index >= 15 is 0 Å². The zero-order valence-corrected chi connectivity index (χ0v) is 16.1. The summed E-state index contributed by atoms with van der Waals surface area (Å²) in [7, 11) is 0. The van der Waals surface area contributed by atoms with Gasteiger partial charge in [-0.1, -0.05) is 24.8 Å². The van der Waals surface area contributed by atoms with Gasteiger partial charge in [-0.25, -0.2) is 9.97 Å². The van der Waals surface area contributed by atoms with Gasteiger partial charge in [0.2, 0.25) is 5.91 Å². The third kappa shape index (κ3) is 4.35. The number of hydrogen-bond acceptors (Lipinski definition) is 6. The molecular weight excluding hydrogens is 352 g/mol. The van der Waals surface area contributed by atoms with Crippen molar-refractivity contribution in [2.45, 2.75) is 44.0 Å². The van der Waals surface area contributed by atoms with Crippen LogP contribution in [0.1, 0.15) is 30.1 Å². The molecule has 1 atom stereocenters. The van der Waals surface area contributed by atoms with Crippen molar-refractivity contribution in [3.05, 3.63) is 46.9 Å². The van der Waals surface area contributed by atoms with Gasteiger partial charge >= 0.3 is 0 Å². The van der Waals surface area contributed by atoms with Crippen LogP contribution in [-0.4, -0.2) is 26.1 Å². The maximum absolute atomic E-state index is 12.4. The van der Waals surface area contributed by atoms with E-state index in [0.29, 0.717) is 6.54 Å². The fourth-order valence-corrected chi connectivity index (χ4v) is 4.44. The van der Waals surface area contributed by atoms with Crippen molar-refractivity contribution >= 4 is 39.2 Å². The van der Waals surface area contributed by atoms with Crippen LogP contribution in [0.2, 0.25) is 0 Å². The van der Waals surface area contributed by atoms with Gasteiger partial charge in [0.15, 0.2) is 0 Å². The summed E-state index contributed by atoms with van der Waals surface area (Å²) in [6.45, 7) is 6.40. The molecule has 0 bridgehead atoms. The van der Waals surface area contributed by atoms with E-state index in [0.717, 1.165) is 33.1 Å². The van der Waals surface area contributed by atoms with Gasteiger partial charge in [-0.05, 0) is 38.0 Å². The zero-order chi connectivity index (χ0) is 17.8. The number of nitrogens with zero attached hydrogens (tertiary/aromatic N) is 3. The highest BCUT2D eigenvalue weighted by Gasteiger charge is 2.18. The summed E-state index contributed by atoms with van der Waals surface area (Å²) in [5, 5.41) is 4.64. The number of pyridine rings is 1. The van der Waals surface area contributed by atoms with Crippen molar-refractivity contribution in [1.82, 2.24) is 20.3 Å². The number of carbonyl (C=O) groups excluding carboxylic acids is 1. The molecule has 0 aliphatic rings. The summed E-state index contributed by atoms with van der Waals surface area (Å²) in [6, 6.07) is 5.95. The van der Waals surface area contributed by atoms with Crippen LogP contribution < -0.4 is 5.32 Å². The lowest BCUT2D eigenvalue weighted by atomic mass is 10.3. The molecule has 1 amide bonds. The first-order chi connectivity index (χ1) is 12.1. The van der Waals surface area contributed by atoms with Crippen molar-refractivity contribution in [1.29, 1.82) is 0 Å². The SMILES string of the molecule is CCc1cc2c(SC(C)C(=O)NCc3cccnc3)nc(C)nc2s1. The predicted octanol–water partition coefficient (Wildman–Crippen LogP) is 3.75. The first-order valence-corrected chi connectivity index (χ1v) is 9.86. The molecule has 3 heterocycles. The Morgan fingerprint density at radius 2 is 2.24 bits per heavy atom. The highest BCUT2D eigenvalue weighted by molar-refractivity contribution is 8.00. The maximum Gasteiger partial charge on any atom is 0.233 e. The van der Waals surface area contributed by atoms with Crippen LogP contribution in [0.3, 0.4) is 0 Å². The van der Waals surface area contributed by atoms with E-state index in [4.69, 9.17) is 0 Å². The highest BCUT2D eigenvalue weighted by Crippen LogP contribution is 2.33. The van der Waals surface area contributed by atoms with Crippen LogP contribution in [0.4, 0.5) is 0 Å². The molecule has 0 spiro atoms. The van der Waals surface area contributed by atoms with Crippen LogP contribution in [-0.2, 0) is 17.8 Å². The summed E-state index contributed by atoms with van der Waals surface area (Å²) in [5.41, 5.74) is 0.985.